The van der Waals surface area contributed by atoms with E-state index in [0.717, 1.165) is 5.56 Å². The van der Waals surface area contributed by atoms with Crippen molar-refractivity contribution in [1.82, 2.24) is 4.98 Å². The average Bonchev–Trinajstić information content (AvgIpc) is 2.38. The summed E-state index contributed by atoms with van der Waals surface area (Å²) in [7, 11) is 0. The van der Waals surface area contributed by atoms with Crippen molar-refractivity contribution in [1.29, 1.82) is 0 Å². The Morgan fingerprint density at radius 1 is 1.28 bits per heavy atom. The molecule has 1 aromatic carbocycles. The van der Waals surface area contributed by atoms with Gasteiger partial charge in [0.2, 0.25) is 0 Å². The van der Waals surface area contributed by atoms with Crippen LogP contribution in [0.15, 0.2) is 42.6 Å². The molecule has 0 aliphatic rings. The second-order valence-corrected chi connectivity index (χ2v) is 3.86. The Morgan fingerprint density at radius 3 is 2.67 bits per heavy atom. The number of ether oxygens (including phenoxy) is 1. The van der Waals surface area contributed by atoms with Crippen LogP contribution in [-0.2, 0) is 6.61 Å². The number of pyridine rings is 1. The van der Waals surface area contributed by atoms with Crippen LogP contribution in [0.25, 0.3) is 0 Å². The second-order valence-electron chi connectivity index (χ2n) is 3.86. The van der Waals surface area contributed by atoms with E-state index >= 15 is 0 Å². The van der Waals surface area contributed by atoms with E-state index in [4.69, 9.17) is 9.84 Å². The molecule has 0 saturated carbocycles. The van der Waals surface area contributed by atoms with E-state index < -0.39 is 5.97 Å². The van der Waals surface area contributed by atoms with Crippen LogP contribution < -0.4 is 4.74 Å². The highest BCUT2D eigenvalue weighted by molar-refractivity contribution is 5.87. The monoisotopic (exact) mass is 243 g/mol. The first kappa shape index (κ1) is 12.1. The fourth-order valence-electron chi connectivity index (χ4n) is 1.63. The van der Waals surface area contributed by atoms with Crippen molar-refractivity contribution in [2.75, 3.05) is 0 Å². The highest BCUT2D eigenvalue weighted by Gasteiger charge is 2.12. The molecule has 2 aromatic rings. The third-order valence-electron chi connectivity index (χ3n) is 2.59. The summed E-state index contributed by atoms with van der Waals surface area (Å²) in [6.07, 6.45) is 1.44. The van der Waals surface area contributed by atoms with Crippen molar-refractivity contribution in [3.63, 3.8) is 0 Å². The van der Waals surface area contributed by atoms with E-state index in [-0.39, 0.29) is 5.69 Å². The topological polar surface area (TPSA) is 59.4 Å². The minimum atomic E-state index is -1.04. The third-order valence-corrected chi connectivity index (χ3v) is 2.59. The smallest absolute Gasteiger partial charge is 0.354 e. The van der Waals surface area contributed by atoms with Crippen LogP contribution in [0.2, 0.25) is 0 Å². The molecule has 1 heterocycles. The molecule has 0 atom stereocenters. The van der Waals surface area contributed by atoms with E-state index in [1.165, 1.54) is 6.20 Å². The van der Waals surface area contributed by atoms with Crippen molar-refractivity contribution >= 4 is 5.97 Å². The first-order valence-electron chi connectivity index (χ1n) is 5.54. The standard InChI is InChI=1S/C14H13NO3/c1-10-12(7-8-15-13(10)14(16)17)18-9-11-5-3-2-4-6-11/h2-8H,9H2,1H3,(H,16,17). The molecule has 0 fully saturated rings. The number of carboxylic acid groups (broad SMARTS) is 1. The summed E-state index contributed by atoms with van der Waals surface area (Å²) in [4.78, 5) is 14.7. The lowest BCUT2D eigenvalue weighted by atomic mass is 10.2. The zero-order valence-corrected chi connectivity index (χ0v) is 9.96. The number of hydrogen-bond donors (Lipinski definition) is 1. The van der Waals surface area contributed by atoms with Gasteiger partial charge in [0.25, 0.3) is 0 Å². The van der Waals surface area contributed by atoms with E-state index in [1.807, 2.05) is 30.3 Å². The van der Waals surface area contributed by atoms with Crippen LogP contribution >= 0.6 is 0 Å². The van der Waals surface area contributed by atoms with E-state index in [9.17, 15) is 4.79 Å². The van der Waals surface area contributed by atoms with Crippen LogP contribution in [0.5, 0.6) is 5.75 Å². The Hall–Kier alpha value is -2.36. The van der Waals surface area contributed by atoms with Gasteiger partial charge in [-0.1, -0.05) is 30.3 Å². The van der Waals surface area contributed by atoms with E-state index in [1.54, 1.807) is 13.0 Å². The molecule has 1 aromatic heterocycles. The number of hydrogen-bond acceptors (Lipinski definition) is 3. The predicted octanol–water partition coefficient (Wildman–Crippen LogP) is 2.67. The molecular formula is C14H13NO3. The first-order chi connectivity index (χ1) is 8.68. The van der Waals surface area contributed by atoms with Crippen molar-refractivity contribution in [3.05, 3.63) is 59.4 Å². The highest BCUT2D eigenvalue weighted by Crippen LogP contribution is 2.20. The van der Waals surface area contributed by atoms with Crippen LogP contribution in [0.3, 0.4) is 0 Å². The van der Waals surface area contributed by atoms with Crippen LogP contribution in [0, 0.1) is 6.92 Å². The van der Waals surface area contributed by atoms with Gasteiger partial charge in [-0.25, -0.2) is 9.78 Å². The number of carboxylic acids is 1. The van der Waals surface area contributed by atoms with Crippen molar-refractivity contribution < 1.29 is 14.6 Å². The Balaban J connectivity index is 2.15. The van der Waals surface area contributed by atoms with Gasteiger partial charge >= 0.3 is 5.97 Å². The molecule has 0 saturated heterocycles. The van der Waals surface area contributed by atoms with Gasteiger partial charge in [-0.3, -0.25) is 0 Å². The number of rotatable bonds is 4. The van der Waals surface area contributed by atoms with E-state index in [0.29, 0.717) is 17.9 Å². The van der Waals surface area contributed by atoms with Crippen LogP contribution in [0.4, 0.5) is 0 Å². The quantitative estimate of drug-likeness (QED) is 0.896. The largest absolute Gasteiger partial charge is 0.488 e. The number of carbonyl (C=O) groups is 1. The lowest BCUT2D eigenvalue weighted by molar-refractivity contribution is 0.0689. The summed E-state index contributed by atoms with van der Waals surface area (Å²) in [6, 6.07) is 11.4. The van der Waals surface area contributed by atoms with Gasteiger partial charge in [-0.05, 0) is 18.6 Å². The lowest BCUT2D eigenvalue weighted by Gasteiger charge is -2.10. The Morgan fingerprint density at radius 2 is 2.00 bits per heavy atom. The van der Waals surface area contributed by atoms with Crippen molar-refractivity contribution in [2.24, 2.45) is 0 Å². The number of nitrogens with zero attached hydrogens (tertiary/aromatic N) is 1. The zero-order chi connectivity index (χ0) is 13.0. The molecule has 0 spiro atoms. The molecule has 4 heteroatoms. The van der Waals surface area contributed by atoms with Gasteiger partial charge in [-0.2, -0.15) is 0 Å². The van der Waals surface area contributed by atoms with Gasteiger partial charge < -0.3 is 9.84 Å². The maximum atomic E-state index is 10.9. The number of aromatic carboxylic acids is 1. The Labute approximate surface area is 105 Å². The summed E-state index contributed by atoms with van der Waals surface area (Å²) >= 11 is 0. The summed E-state index contributed by atoms with van der Waals surface area (Å²) in [5.74, 6) is -0.496. The third kappa shape index (κ3) is 2.66. The van der Waals surface area contributed by atoms with Gasteiger partial charge in [0, 0.05) is 11.8 Å². The molecule has 0 bridgehead atoms. The zero-order valence-electron chi connectivity index (χ0n) is 9.96. The maximum absolute atomic E-state index is 10.9. The van der Waals surface area contributed by atoms with Gasteiger partial charge in [-0.15, -0.1) is 0 Å². The number of benzene rings is 1. The van der Waals surface area contributed by atoms with Gasteiger partial charge in [0.15, 0.2) is 5.69 Å². The lowest BCUT2D eigenvalue weighted by Crippen LogP contribution is -2.05. The SMILES string of the molecule is Cc1c(OCc2ccccc2)ccnc1C(=O)O. The Bertz CT molecular complexity index is 552. The molecule has 2 rings (SSSR count). The fraction of sp³-hybridized carbons (Fsp3) is 0.143. The minimum absolute atomic E-state index is 0.0283. The van der Waals surface area contributed by atoms with Gasteiger partial charge in [0.1, 0.15) is 12.4 Å². The minimum Gasteiger partial charge on any atom is -0.488 e. The molecule has 18 heavy (non-hydrogen) atoms. The first-order valence-corrected chi connectivity index (χ1v) is 5.54. The molecule has 0 radical (unpaired) electrons. The summed E-state index contributed by atoms with van der Waals surface area (Å²) < 4.78 is 5.61. The molecular weight excluding hydrogens is 230 g/mol. The van der Waals surface area contributed by atoms with Crippen LogP contribution in [0.1, 0.15) is 21.6 Å². The highest BCUT2D eigenvalue weighted by atomic mass is 16.5. The van der Waals surface area contributed by atoms with Crippen molar-refractivity contribution in [2.45, 2.75) is 13.5 Å². The second kappa shape index (κ2) is 5.31. The van der Waals surface area contributed by atoms with Gasteiger partial charge in [0.05, 0.1) is 0 Å². The summed E-state index contributed by atoms with van der Waals surface area (Å²) in [5.41, 5.74) is 1.60. The molecule has 0 unspecified atom stereocenters. The molecule has 92 valence electrons. The van der Waals surface area contributed by atoms with Crippen molar-refractivity contribution in [3.8, 4) is 5.75 Å². The van der Waals surface area contributed by atoms with E-state index in [2.05, 4.69) is 4.98 Å². The predicted molar refractivity (Wildman–Crippen MR) is 66.7 cm³/mol. The molecule has 1 N–H and O–H groups in total. The molecule has 4 nitrogen and oxygen atoms in total. The maximum Gasteiger partial charge on any atom is 0.354 e. The number of aromatic nitrogens is 1. The normalized spacial score (nSPS) is 10.1. The summed E-state index contributed by atoms with van der Waals surface area (Å²) in [6.45, 7) is 2.10. The van der Waals surface area contributed by atoms with Crippen LogP contribution in [-0.4, -0.2) is 16.1 Å². The Kier molecular flexibility index (Phi) is 3.57. The average molecular weight is 243 g/mol. The summed E-state index contributed by atoms with van der Waals surface area (Å²) in [5, 5.41) is 8.96. The molecule has 0 aliphatic heterocycles. The fourth-order valence-corrected chi connectivity index (χ4v) is 1.63. The molecule has 0 aliphatic carbocycles. The molecule has 0 amide bonds.